The van der Waals surface area contributed by atoms with E-state index in [1.54, 1.807) is 13.8 Å². The SMILES string of the molecule is CC(C)(CCCCC/C=C/CCCCC(C)(C)C(=O)CCNC(=O)CCNC(=O)C(O)C(C)(C)COP(=O)(O)OP(=O)(O)OCC1OC(n2cnc3c(N)ncnc32)C(O)C1OP(=O)(O)O)C(=O)O. The monoisotopic (exact) mass is 1040 g/mol. The van der Waals surface area contributed by atoms with Crippen LogP contribution in [-0.2, 0) is 55.5 Å². The number of aliphatic hydroxyl groups excluding tert-OH is 2. The van der Waals surface area contributed by atoms with Gasteiger partial charge in [0.25, 0.3) is 0 Å². The second-order valence-electron chi connectivity index (χ2n) is 18.6. The molecular weight excluding hydrogens is 975 g/mol. The lowest BCUT2D eigenvalue weighted by Gasteiger charge is -2.30. The van der Waals surface area contributed by atoms with E-state index < -0.39 is 101 Å². The second-order valence-corrected chi connectivity index (χ2v) is 22.9. The van der Waals surface area contributed by atoms with Gasteiger partial charge in [0.05, 0.1) is 25.0 Å². The van der Waals surface area contributed by atoms with Crippen LogP contribution in [0.4, 0.5) is 5.82 Å². The van der Waals surface area contributed by atoms with Crippen molar-refractivity contribution >= 4 is 64.0 Å². The van der Waals surface area contributed by atoms with Crippen molar-refractivity contribution in [2.75, 3.05) is 32.0 Å². The summed E-state index contributed by atoms with van der Waals surface area (Å²) in [6.07, 6.45) is 5.09. The van der Waals surface area contributed by atoms with Crippen LogP contribution in [0.1, 0.15) is 118 Å². The number of ketones is 1. The zero-order valence-corrected chi connectivity index (χ0v) is 42.2. The number of carbonyl (C=O) groups is 4. The van der Waals surface area contributed by atoms with Gasteiger partial charge in [0.1, 0.15) is 42.0 Å². The van der Waals surface area contributed by atoms with Gasteiger partial charge in [-0.05, 0) is 52.4 Å². The molecule has 69 heavy (non-hydrogen) atoms. The number of aliphatic hydroxyl groups is 2. The zero-order chi connectivity index (χ0) is 52.0. The van der Waals surface area contributed by atoms with Gasteiger partial charge in [0, 0.05) is 36.8 Å². The minimum atomic E-state index is -5.59. The summed E-state index contributed by atoms with van der Waals surface area (Å²) in [7, 11) is -16.5. The molecule has 1 aliphatic heterocycles. The van der Waals surface area contributed by atoms with Crippen LogP contribution in [0.2, 0.25) is 0 Å². The Hall–Kier alpha value is -3.58. The van der Waals surface area contributed by atoms with E-state index in [4.69, 9.17) is 19.5 Å². The lowest BCUT2D eigenvalue weighted by molar-refractivity contribution is -0.147. The number of rotatable bonds is 32. The third-order valence-corrected chi connectivity index (χ3v) is 14.4. The number of fused-ring (bicyclic) bond motifs is 1. The molecule has 26 nitrogen and oxygen atoms in total. The van der Waals surface area contributed by atoms with E-state index in [0.717, 1.165) is 62.2 Å². The number of amides is 2. The van der Waals surface area contributed by atoms with Gasteiger partial charge in [-0.2, -0.15) is 4.31 Å². The van der Waals surface area contributed by atoms with Crippen LogP contribution in [0.15, 0.2) is 24.8 Å². The predicted octanol–water partition coefficient (Wildman–Crippen LogP) is 3.57. The largest absolute Gasteiger partial charge is 0.481 e. The van der Waals surface area contributed by atoms with Crippen LogP contribution in [0.3, 0.4) is 0 Å². The Morgan fingerprint density at radius 3 is 2.09 bits per heavy atom. The Morgan fingerprint density at radius 2 is 1.45 bits per heavy atom. The molecule has 7 atom stereocenters. The van der Waals surface area contributed by atoms with E-state index in [1.165, 1.54) is 13.8 Å². The van der Waals surface area contributed by atoms with Crippen molar-refractivity contribution in [2.24, 2.45) is 16.2 Å². The van der Waals surface area contributed by atoms with Crippen LogP contribution in [0.25, 0.3) is 11.2 Å². The number of hydrogen-bond acceptors (Lipinski definition) is 18. The van der Waals surface area contributed by atoms with Crippen LogP contribution < -0.4 is 16.4 Å². The van der Waals surface area contributed by atoms with Crippen molar-refractivity contribution in [3.05, 3.63) is 24.8 Å². The van der Waals surface area contributed by atoms with Crippen molar-refractivity contribution < 1.29 is 90.4 Å². The third kappa shape index (κ3) is 19.5. The summed E-state index contributed by atoms with van der Waals surface area (Å²) in [6.45, 7) is 7.50. The van der Waals surface area contributed by atoms with Gasteiger partial charge in [0.2, 0.25) is 11.8 Å². The number of aliphatic carboxylic acids is 1. The lowest BCUT2D eigenvalue weighted by Crippen LogP contribution is -2.46. The quantitative estimate of drug-likeness (QED) is 0.0284. The second kappa shape index (κ2) is 25.7. The number of hydrogen-bond donors (Lipinski definition) is 10. The number of nitrogen functional groups attached to an aromatic ring is 1. The number of carboxylic acids is 1. The summed E-state index contributed by atoms with van der Waals surface area (Å²) in [5.74, 6) is -2.31. The highest BCUT2D eigenvalue weighted by atomic mass is 31.3. The first kappa shape index (κ1) is 59.7. The van der Waals surface area contributed by atoms with Gasteiger partial charge in [-0.15, -0.1) is 0 Å². The van der Waals surface area contributed by atoms with Crippen LogP contribution in [0.5, 0.6) is 0 Å². The minimum absolute atomic E-state index is 0.0151. The molecule has 2 amide bonds. The fraction of sp³-hybridized carbons (Fsp3) is 0.725. The van der Waals surface area contributed by atoms with Crippen LogP contribution in [-0.4, -0.2) is 129 Å². The maximum absolute atomic E-state index is 12.9. The van der Waals surface area contributed by atoms with Crippen molar-refractivity contribution in [3.8, 4) is 0 Å². The molecule has 0 radical (unpaired) electrons. The molecule has 0 aromatic carbocycles. The Balaban J connectivity index is 1.36. The van der Waals surface area contributed by atoms with Crippen LogP contribution in [0, 0.1) is 16.2 Å². The molecule has 0 saturated carbocycles. The van der Waals surface area contributed by atoms with E-state index in [1.807, 2.05) is 13.8 Å². The number of nitrogens with two attached hydrogens (primary N) is 1. The van der Waals surface area contributed by atoms with E-state index >= 15 is 0 Å². The molecule has 3 rings (SSSR count). The molecule has 0 bridgehead atoms. The summed E-state index contributed by atoms with van der Waals surface area (Å²) < 4.78 is 62.5. The Bertz CT molecular complexity index is 2240. The number of aromatic nitrogens is 4. The summed E-state index contributed by atoms with van der Waals surface area (Å²) in [4.78, 5) is 100. The topological polar surface area (TPSA) is 401 Å². The number of unbranched alkanes of at least 4 members (excludes halogenated alkanes) is 5. The molecule has 0 spiro atoms. The average molecular weight is 1040 g/mol. The number of carbonyl (C=O) groups excluding carboxylic acids is 3. The number of anilines is 1. The number of Topliss-reactive ketones (excluding diaryl/α,β-unsaturated/α-hetero) is 1. The number of imidazole rings is 1. The van der Waals surface area contributed by atoms with E-state index in [9.17, 15) is 67.8 Å². The summed E-state index contributed by atoms with van der Waals surface area (Å²) >= 11 is 0. The molecule has 1 aliphatic rings. The first-order chi connectivity index (χ1) is 31.9. The summed E-state index contributed by atoms with van der Waals surface area (Å²) in [5.41, 5.74) is 2.95. The Labute approximate surface area is 399 Å². The molecule has 2 aromatic rings. The number of carboxylic acid groups (broad SMARTS) is 1. The molecule has 2 aromatic heterocycles. The van der Waals surface area contributed by atoms with Crippen molar-refractivity contribution in [1.82, 2.24) is 30.2 Å². The smallest absolute Gasteiger partial charge is 0.481 e. The van der Waals surface area contributed by atoms with E-state index in [0.29, 0.717) is 12.8 Å². The fourth-order valence-corrected chi connectivity index (χ4v) is 9.74. The summed E-state index contributed by atoms with van der Waals surface area (Å²) in [6, 6.07) is 0. The number of phosphoric ester groups is 3. The predicted molar refractivity (Wildman–Crippen MR) is 245 cm³/mol. The number of ether oxygens (including phenoxy) is 1. The molecule has 1 saturated heterocycles. The average Bonchev–Trinajstić information content (AvgIpc) is 3.80. The molecule has 392 valence electrons. The highest BCUT2D eigenvalue weighted by Gasteiger charge is 2.50. The number of nitrogens with one attached hydrogen (secondary N) is 2. The van der Waals surface area contributed by atoms with Crippen molar-refractivity contribution in [2.45, 2.75) is 143 Å². The van der Waals surface area contributed by atoms with Gasteiger partial charge in [-0.3, -0.25) is 37.3 Å². The van der Waals surface area contributed by atoms with Gasteiger partial charge in [0.15, 0.2) is 17.7 Å². The van der Waals surface area contributed by atoms with Gasteiger partial charge in [-0.25, -0.2) is 28.6 Å². The van der Waals surface area contributed by atoms with E-state index in [2.05, 4.69) is 46.6 Å². The third-order valence-electron chi connectivity index (χ3n) is 11.3. The van der Waals surface area contributed by atoms with Gasteiger partial charge >= 0.3 is 29.4 Å². The minimum Gasteiger partial charge on any atom is -0.481 e. The summed E-state index contributed by atoms with van der Waals surface area (Å²) in [5, 5.41) is 35.8. The fourth-order valence-electron chi connectivity index (χ4n) is 6.91. The maximum atomic E-state index is 12.9. The zero-order valence-electron chi connectivity index (χ0n) is 39.5. The van der Waals surface area contributed by atoms with Gasteiger partial charge < -0.3 is 56.0 Å². The van der Waals surface area contributed by atoms with Crippen LogP contribution >= 0.6 is 23.5 Å². The first-order valence-corrected chi connectivity index (χ1v) is 26.7. The molecule has 0 aliphatic carbocycles. The maximum Gasteiger partial charge on any atom is 0.481 e. The van der Waals surface area contributed by atoms with E-state index in [-0.39, 0.29) is 48.7 Å². The first-order valence-electron chi connectivity index (χ1n) is 22.2. The molecular formula is C40H68N7O19P3. The highest BCUT2D eigenvalue weighted by molar-refractivity contribution is 7.61. The number of allylic oxidation sites excluding steroid dienone is 2. The number of nitrogens with zero attached hydrogens (tertiary/aromatic N) is 4. The molecule has 11 N–H and O–H groups in total. The van der Waals surface area contributed by atoms with Crippen molar-refractivity contribution in [3.63, 3.8) is 0 Å². The van der Waals surface area contributed by atoms with Crippen molar-refractivity contribution in [1.29, 1.82) is 0 Å². The standard InChI is InChI=1S/C40H68N7O19P3/c1-38(2,18-14-12-10-8-7-9-11-13-15-19-39(3,4)37(53)54)27(48)16-20-42-28(49)17-21-43-35(52)32(51)40(5,6)23-63-69(60,61)66-68(58,59)62-22-26-31(65-67(55,56)57)30(50)36(64-26)47-25-46-29-33(41)44-24-45-34(29)47/h7-8,24-26,30-32,36,50-51H,9-23H2,1-6H3,(H,42,49)(H,43,52)(H,53,54)(H,58,59)(H,60,61)(H2,41,44,45)(H2,55,56,57)/b8-7+. The lowest BCUT2D eigenvalue weighted by atomic mass is 9.81. The normalized spacial score (nSPS) is 20.4. The molecule has 1 fully saturated rings. The number of phosphoric acid groups is 3. The molecule has 3 heterocycles. The Kier molecular flexibility index (Phi) is 22.2. The van der Waals surface area contributed by atoms with Gasteiger partial charge in [-0.1, -0.05) is 59.1 Å². The molecule has 7 unspecified atom stereocenters. The Morgan fingerprint density at radius 1 is 0.855 bits per heavy atom. The highest BCUT2D eigenvalue weighted by Crippen LogP contribution is 2.61. The molecule has 29 heteroatoms.